The van der Waals surface area contributed by atoms with E-state index in [0.29, 0.717) is 24.3 Å². The van der Waals surface area contributed by atoms with E-state index in [1.807, 2.05) is 12.1 Å². The SMILES string of the molecule is CNC(=O)c1ccc(CN(C)C(=O)c2csc(CN)n2)cc1. The molecule has 1 aromatic carbocycles. The van der Waals surface area contributed by atoms with Crippen LogP contribution in [0.4, 0.5) is 0 Å². The van der Waals surface area contributed by atoms with Crippen molar-refractivity contribution >= 4 is 23.2 Å². The molecule has 116 valence electrons. The summed E-state index contributed by atoms with van der Waals surface area (Å²) in [5, 5.41) is 5.03. The van der Waals surface area contributed by atoms with Gasteiger partial charge in [0.2, 0.25) is 0 Å². The Labute approximate surface area is 133 Å². The molecule has 0 saturated carbocycles. The van der Waals surface area contributed by atoms with E-state index < -0.39 is 0 Å². The lowest BCUT2D eigenvalue weighted by molar-refractivity contribution is 0.0779. The molecule has 2 rings (SSSR count). The van der Waals surface area contributed by atoms with Crippen LogP contribution in [0.25, 0.3) is 0 Å². The molecule has 22 heavy (non-hydrogen) atoms. The van der Waals surface area contributed by atoms with Crippen molar-refractivity contribution < 1.29 is 9.59 Å². The first-order chi connectivity index (χ1) is 10.5. The summed E-state index contributed by atoms with van der Waals surface area (Å²) in [4.78, 5) is 29.5. The molecule has 3 N–H and O–H groups in total. The second-order valence-corrected chi connectivity index (χ2v) is 5.71. The summed E-state index contributed by atoms with van der Waals surface area (Å²) in [6.45, 7) is 0.783. The van der Waals surface area contributed by atoms with Gasteiger partial charge in [0.1, 0.15) is 10.7 Å². The zero-order valence-electron chi connectivity index (χ0n) is 12.5. The molecule has 2 amide bonds. The minimum atomic E-state index is -0.147. The maximum absolute atomic E-state index is 12.3. The number of benzene rings is 1. The fraction of sp³-hybridized carbons (Fsp3) is 0.267. The van der Waals surface area contributed by atoms with Gasteiger partial charge in [0.25, 0.3) is 11.8 Å². The van der Waals surface area contributed by atoms with E-state index >= 15 is 0 Å². The quantitative estimate of drug-likeness (QED) is 0.868. The van der Waals surface area contributed by atoms with Gasteiger partial charge < -0.3 is 16.0 Å². The number of hydrogen-bond donors (Lipinski definition) is 2. The van der Waals surface area contributed by atoms with Crippen LogP contribution < -0.4 is 11.1 Å². The summed E-state index contributed by atoms with van der Waals surface area (Å²) in [7, 11) is 3.31. The average molecular weight is 318 g/mol. The Morgan fingerprint density at radius 1 is 1.32 bits per heavy atom. The molecule has 0 fully saturated rings. The summed E-state index contributed by atoms with van der Waals surface area (Å²) >= 11 is 1.38. The average Bonchev–Trinajstić information content (AvgIpc) is 3.03. The normalized spacial score (nSPS) is 10.3. The number of aromatic nitrogens is 1. The number of carbonyl (C=O) groups excluding carboxylic acids is 2. The third-order valence-electron chi connectivity index (χ3n) is 3.16. The number of carbonyl (C=O) groups is 2. The second kappa shape index (κ2) is 7.15. The van der Waals surface area contributed by atoms with E-state index in [2.05, 4.69) is 10.3 Å². The van der Waals surface area contributed by atoms with Gasteiger partial charge in [-0.3, -0.25) is 9.59 Å². The van der Waals surface area contributed by atoms with Crippen LogP contribution in [0.5, 0.6) is 0 Å². The van der Waals surface area contributed by atoms with Gasteiger partial charge in [-0.15, -0.1) is 11.3 Å². The van der Waals surface area contributed by atoms with Crippen molar-refractivity contribution in [2.75, 3.05) is 14.1 Å². The van der Waals surface area contributed by atoms with Crippen molar-refractivity contribution in [2.24, 2.45) is 5.73 Å². The van der Waals surface area contributed by atoms with Crippen LogP contribution >= 0.6 is 11.3 Å². The highest BCUT2D eigenvalue weighted by atomic mass is 32.1. The van der Waals surface area contributed by atoms with Crippen molar-refractivity contribution in [1.82, 2.24) is 15.2 Å². The molecule has 0 unspecified atom stereocenters. The van der Waals surface area contributed by atoms with Gasteiger partial charge in [-0.25, -0.2) is 4.98 Å². The van der Waals surface area contributed by atoms with Crippen molar-refractivity contribution in [3.63, 3.8) is 0 Å². The zero-order chi connectivity index (χ0) is 16.1. The van der Waals surface area contributed by atoms with Gasteiger partial charge in [0.15, 0.2) is 0 Å². The van der Waals surface area contributed by atoms with E-state index in [-0.39, 0.29) is 11.8 Å². The highest BCUT2D eigenvalue weighted by Crippen LogP contribution is 2.13. The summed E-state index contributed by atoms with van der Waals surface area (Å²) in [6.07, 6.45) is 0. The topological polar surface area (TPSA) is 88.3 Å². The minimum Gasteiger partial charge on any atom is -0.355 e. The van der Waals surface area contributed by atoms with E-state index in [1.54, 1.807) is 36.5 Å². The lowest BCUT2D eigenvalue weighted by atomic mass is 10.1. The molecule has 0 aliphatic heterocycles. The van der Waals surface area contributed by atoms with E-state index in [4.69, 9.17) is 5.73 Å². The summed E-state index contributed by atoms with van der Waals surface area (Å²) < 4.78 is 0. The fourth-order valence-electron chi connectivity index (χ4n) is 1.95. The maximum Gasteiger partial charge on any atom is 0.273 e. The first kappa shape index (κ1) is 16.1. The van der Waals surface area contributed by atoms with Crippen LogP contribution in [-0.4, -0.2) is 35.8 Å². The highest BCUT2D eigenvalue weighted by Gasteiger charge is 2.15. The summed E-state index contributed by atoms with van der Waals surface area (Å²) in [5.74, 6) is -0.279. The molecule has 1 aromatic heterocycles. The third-order valence-corrected chi connectivity index (χ3v) is 4.03. The van der Waals surface area contributed by atoms with Gasteiger partial charge in [-0.2, -0.15) is 0 Å². The Balaban J connectivity index is 2.03. The maximum atomic E-state index is 12.3. The van der Waals surface area contributed by atoms with Crippen molar-refractivity contribution in [3.05, 3.63) is 51.5 Å². The zero-order valence-corrected chi connectivity index (χ0v) is 13.3. The van der Waals surface area contributed by atoms with Crippen LogP contribution in [-0.2, 0) is 13.1 Å². The van der Waals surface area contributed by atoms with Gasteiger partial charge in [-0.05, 0) is 17.7 Å². The molecule has 7 heteroatoms. The number of rotatable bonds is 5. The predicted octanol–water partition coefficient (Wildman–Crippen LogP) is 1.23. The highest BCUT2D eigenvalue weighted by molar-refractivity contribution is 7.09. The molecule has 0 aliphatic carbocycles. The lowest BCUT2D eigenvalue weighted by Gasteiger charge is -2.16. The van der Waals surface area contributed by atoms with Gasteiger partial charge in [0, 0.05) is 38.1 Å². The van der Waals surface area contributed by atoms with Crippen LogP contribution in [0.3, 0.4) is 0 Å². The van der Waals surface area contributed by atoms with Crippen LogP contribution in [0.1, 0.15) is 31.4 Å². The monoisotopic (exact) mass is 318 g/mol. The van der Waals surface area contributed by atoms with Gasteiger partial charge >= 0.3 is 0 Å². The first-order valence-electron chi connectivity index (χ1n) is 6.76. The molecular weight excluding hydrogens is 300 g/mol. The molecule has 0 atom stereocenters. The third kappa shape index (κ3) is 3.69. The Morgan fingerprint density at radius 2 is 2.00 bits per heavy atom. The first-order valence-corrected chi connectivity index (χ1v) is 7.64. The lowest BCUT2D eigenvalue weighted by Crippen LogP contribution is -2.26. The molecule has 0 saturated heterocycles. The molecule has 6 nitrogen and oxygen atoms in total. The molecule has 0 aliphatic rings. The van der Waals surface area contributed by atoms with E-state index in [9.17, 15) is 9.59 Å². The summed E-state index contributed by atoms with van der Waals surface area (Å²) in [6, 6.07) is 7.14. The molecular formula is C15H18N4O2S. The molecule has 1 heterocycles. The van der Waals surface area contributed by atoms with Crippen LogP contribution in [0, 0.1) is 0 Å². The largest absolute Gasteiger partial charge is 0.355 e. The van der Waals surface area contributed by atoms with E-state index in [1.165, 1.54) is 11.3 Å². The molecule has 0 spiro atoms. The van der Waals surface area contributed by atoms with Gasteiger partial charge in [-0.1, -0.05) is 12.1 Å². The number of thiazole rings is 1. The van der Waals surface area contributed by atoms with Crippen molar-refractivity contribution in [2.45, 2.75) is 13.1 Å². The number of nitrogens with zero attached hydrogens (tertiary/aromatic N) is 2. The summed E-state index contributed by atoms with van der Waals surface area (Å²) in [5.41, 5.74) is 7.45. The Bertz CT molecular complexity index is 666. The fourth-order valence-corrected chi connectivity index (χ4v) is 2.60. The minimum absolute atomic E-state index is 0.132. The predicted molar refractivity (Wildman–Crippen MR) is 85.6 cm³/mol. The standard InChI is InChI=1S/C15H18N4O2S/c1-17-14(20)11-5-3-10(4-6-11)8-19(2)15(21)12-9-22-13(7-16)18-12/h3-6,9H,7-8,16H2,1-2H3,(H,17,20). The molecule has 2 aromatic rings. The Morgan fingerprint density at radius 3 is 2.55 bits per heavy atom. The smallest absolute Gasteiger partial charge is 0.273 e. The van der Waals surface area contributed by atoms with Crippen molar-refractivity contribution in [3.8, 4) is 0 Å². The van der Waals surface area contributed by atoms with Crippen molar-refractivity contribution in [1.29, 1.82) is 0 Å². The second-order valence-electron chi connectivity index (χ2n) is 4.77. The molecule has 0 radical (unpaired) electrons. The van der Waals surface area contributed by atoms with Crippen LogP contribution in [0.15, 0.2) is 29.6 Å². The van der Waals surface area contributed by atoms with E-state index in [0.717, 1.165) is 10.6 Å². The number of amides is 2. The Hall–Kier alpha value is -2.25. The van der Waals surface area contributed by atoms with Gasteiger partial charge in [0.05, 0.1) is 0 Å². The number of hydrogen-bond acceptors (Lipinski definition) is 5. The molecule has 0 bridgehead atoms. The number of nitrogens with one attached hydrogen (secondary N) is 1. The van der Waals surface area contributed by atoms with Crippen LogP contribution in [0.2, 0.25) is 0 Å². The Kier molecular flexibility index (Phi) is 5.24. The number of nitrogens with two attached hydrogens (primary N) is 1.